The summed E-state index contributed by atoms with van der Waals surface area (Å²) in [5.41, 5.74) is 21.1. The number of hydrogen-bond donors (Lipinski definition) is 0. The molecule has 68 heavy (non-hydrogen) atoms. The standard InChI is InChI=1S/C64H42N4/c1-64(2)54-29-17-27-49-47-25-12-14-30-55(47)68-56-31-15-13-26-48(56)53-38-52(59(64)58(57(49)54)60(53)68)43-33-32-41-24-16-28-50(51(41)37-43)63-66-61(42-22-10-5-11-23-42)65-62(67-63)46-35-44(39-18-6-3-7-19-39)34-45(36-46)40-20-8-4-9-21-40/h3-38H,1-2H3. The van der Waals surface area contributed by atoms with E-state index in [0.29, 0.717) is 17.5 Å². The van der Waals surface area contributed by atoms with E-state index in [0.717, 1.165) is 49.7 Å². The molecule has 4 nitrogen and oxygen atoms in total. The van der Waals surface area contributed by atoms with Gasteiger partial charge in [-0.3, -0.25) is 0 Å². The highest BCUT2D eigenvalue weighted by Gasteiger charge is 2.43. The molecule has 12 aromatic rings. The van der Waals surface area contributed by atoms with Crippen molar-refractivity contribution in [2.45, 2.75) is 19.3 Å². The Morgan fingerprint density at radius 3 is 1.69 bits per heavy atom. The van der Waals surface area contributed by atoms with Crippen molar-refractivity contribution in [1.82, 2.24) is 19.5 Å². The Morgan fingerprint density at radius 2 is 0.941 bits per heavy atom. The lowest BCUT2D eigenvalue weighted by atomic mass is 9.78. The van der Waals surface area contributed by atoms with Crippen LogP contribution < -0.4 is 0 Å². The van der Waals surface area contributed by atoms with Gasteiger partial charge in [-0.25, -0.2) is 15.0 Å². The van der Waals surface area contributed by atoms with Gasteiger partial charge in [-0.1, -0.05) is 190 Å². The summed E-state index contributed by atoms with van der Waals surface area (Å²) in [7, 11) is 0. The highest BCUT2D eigenvalue weighted by atomic mass is 15.0. The average Bonchev–Trinajstić information content (AvgIpc) is 3.81. The fraction of sp³-hybridized carbons (Fsp3) is 0.0469. The van der Waals surface area contributed by atoms with Crippen LogP contribution in [0.4, 0.5) is 0 Å². The Bertz CT molecular complexity index is 3980. The molecule has 3 heterocycles. The maximum Gasteiger partial charge on any atom is 0.164 e. The molecular formula is C64H42N4. The third-order valence-corrected chi connectivity index (χ3v) is 14.5. The van der Waals surface area contributed by atoms with Gasteiger partial charge in [0.2, 0.25) is 0 Å². The summed E-state index contributed by atoms with van der Waals surface area (Å²) in [5.74, 6) is 1.89. The van der Waals surface area contributed by atoms with Crippen LogP contribution in [-0.4, -0.2) is 19.5 Å². The van der Waals surface area contributed by atoms with Crippen LogP contribution in [0.3, 0.4) is 0 Å². The summed E-state index contributed by atoms with van der Waals surface area (Å²) in [5, 5.41) is 4.73. The van der Waals surface area contributed by atoms with Gasteiger partial charge in [0.1, 0.15) is 0 Å². The van der Waals surface area contributed by atoms with E-state index in [1.54, 1.807) is 0 Å². The predicted molar refractivity (Wildman–Crippen MR) is 281 cm³/mol. The van der Waals surface area contributed by atoms with Crippen molar-refractivity contribution in [2.75, 3.05) is 0 Å². The average molecular weight is 867 g/mol. The van der Waals surface area contributed by atoms with Gasteiger partial charge in [0.05, 0.1) is 16.7 Å². The minimum atomic E-state index is -0.271. The summed E-state index contributed by atoms with van der Waals surface area (Å²) in [6.07, 6.45) is 0. The SMILES string of the molecule is CC1(C)c2cccc3c2-c2c1c(-c1ccc4cccc(-c5nc(-c6ccccc6)nc(-c6cc(-c7ccccc7)cc(-c7ccccc7)c6)n5)c4c1)cc1c4ccccc4n(c21)-c1ccccc1-3. The van der Waals surface area contributed by atoms with E-state index in [2.05, 4.69) is 219 Å². The Balaban J connectivity index is 1.02. The van der Waals surface area contributed by atoms with Gasteiger partial charge in [-0.15, -0.1) is 0 Å². The summed E-state index contributed by atoms with van der Waals surface area (Å²) < 4.78 is 2.54. The monoisotopic (exact) mass is 866 g/mol. The number of para-hydroxylation sites is 2. The highest BCUT2D eigenvalue weighted by Crippen LogP contribution is 2.60. The van der Waals surface area contributed by atoms with Gasteiger partial charge in [-0.05, 0) is 109 Å². The first kappa shape index (κ1) is 38.5. The van der Waals surface area contributed by atoms with Crippen LogP contribution in [-0.2, 0) is 5.41 Å². The molecule has 318 valence electrons. The van der Waals surface area contributed by atoms with Gasteiger partial charge in [0.15, 0.2) is 17.5 Å². The Labute approximate surface area is 394 Å². The van der Waals surface area contributed by atoms with E-state index in [1.807, 2.05) is 18.2 Å². The topological polar surface area (TPSA) is 43.6 Å². The maximum absolute atomic E-state index is 5.42. The van der Waals surface area contributed by atoms with Crippen molar-refractivity contribution in [3.05, 3.63) is 230 Å². The second kappa shape index (κ2) is 14.6. The van der Waals surface area contributed by atoms with Crippen LogP contribution in [0, 0.1) is 0 Å². The molecule has 0 radical (unpaired) electrons. The van der Waals surface area contributed by atoms with E-state index in [-0.39, 0.29) is 5.41 Å². The summed E-state index contributed by atoms with van der Waals surface area (Å²) in [6.45, 7) is 4.83. The fourth-order valence-corrected chi connectivity index (χ4v) is 11.4. The van der Waals surface area contributed by atoms with Crippen LogP contribution in [0.1, 0.15) is 25.0 Å². The third-order valence-electron chi connectivity index (χ3n) is 14.5. The largest absolute Gasteiger partial charge is 0.308 e. The number of aromatic nitrogens is 4. The first-order valence-electron chi connectivity index (χ1n) is 23.4. The van der Waals surface area contributed by atoms with Crippen LogP contribution in [0.25, 0.3) is 128 Å². The molecule has 0 spiro atoms. The zero-order valence-corrected chi connectivity index (χ0v) is 37.6. The molecule has 0 N–H and O–H groups in total. The maximum atomic E-state index is 5.42. The molecule has 0 fully saturated rings. The second-order valence-electron chi connectivity index (χ2n) is 18.7. The zero-order valence-electron chi connectivity index (χ0n) is 37.6. The molecule has 14 rings (SSSR count). The summed E-state index contributed by atoms with van der Waals surface area (Å²) >= 11 is 0. The first-order valence-corrected chi connectivity index (χ1v) is 23.4. The van der Waals surface area contributed by atoms with Gasteiger partial charge >= 0.3 is 0 Å². The molecule has 1 aliphatic carbocycles. The molecule has 0 unspecified atom stereocenters. The summed E-state index contributed by atoms with van der Waals surface area (Å²) in [6, 6.07) is 78.8. The number of benzene rings is 10. The molecule has 0 saturated heterocycles. The first-order chi connectivity index (χ1) is 33.5. The fourth-order valence-electron chi connectivity index (χ4n) is 11.4. The van der Waals surface area contributed by atoms with Gasteiger partial charge < -0.3 is 4.57 Å². The van der Waals surface area contributed by atoms with E-state index in [4.69, 9.17) is 15.0 Å². The highest BCUT2D eigenvalue weighted by molar-refractivity contribution is 6.20. The van der Waals surface area contributed by atoms with E-state index in [9.17, 15) is 0 Å². The van der Waals surface area contributed by atoms with E-state index in [1.165, 1.54) is 72.0 Å². The second-order valence-corrected chi connectivity index (χ2v) is 18.7. The third kappa shape index (κ3) is 5.71. The van der Waals surface area contributed by atoms with E-state index < -0.39 is 0 Å². The quantitative estimate of drug-likeness (QED) is 0.167. The number of nitrogens with zero attached hydrogens (tertiary/aromatic N) is 4. The van der Waals surface area contributed by atoms with Gasteiger partial charge in [-0.2, -0.15) is 0 Å². The minimum Gasteiger partial charge on any atom is -0.308 e. The number of rotatable bonds is 6. The van der Waals surface area contributed by atoms with Crippen molar-refractivity contribution in [2.24, 2.45) is 0 Å². The van der Waals surface area contributed by atoms with Crippen molar-refractivity contribution in [3.8, 4) is 95.5 Å². The Hall–Kier alpha value is -8.73. The minimum absolute atomic E-state index is 0.271. The molecular weight excluding hydrogens is 825 g/mol. The number of hydrogen-bond acceptors (Lipinski definition) is 3. The molecule has 0 bridgehead atoms. The van der Waals surface area contributed by atoms with Crippen molar-refractivity contribution >= 4 is 32.6 Å². The van der Waals surface area contributed by atoms with Crippen LogP contribution >= 0.6 is 0 Å². The summed E-state index contributed by atoms with van der Waals surface area (Å²) in [4.78, 5) is 16.0. The molecule has 4 heteroatoms. The lowest BCUT2D eigenvalue weighted by molar-refractivity contribution is 0.662. The molecule has 1 aliphatic heterocycles. The zero-order chi connectivity index (χ0) is 45.1. The Kier molecular flexibility index (Phi) is 8.29. The molecule has 10 aromatic carbocycles. The Morgan fingerprint density at radius 1 is 0.353 bits per heavy atom. The molecule has 2 aliphatic rings. The van der Waals surface area contributed by atoms with Crippen molar-refractivity contribution in [3.63, 3.8) is 0 Å². The van der Waals surface area contributed by atoms with Crippen molar-refractivity contribution < 1.29 is 0 Å². The number of fused-ring (bicyclic) bond motifs is 7. The predicted octanol–water partition coefficient (Wildman–Crippen LogP) is 16.4. The smallest absolute Gasteiger partial charge is 0.164 e. The van der Waals surface area contributed by atoms with Crippen LogP contribution in [0.15, 0.2) is 218 Å². The van der Waals surface area contributed by atoms with Gasteiger partial charge in [0, 0.05) is 44.0 Å². The normalized spacial score (nSPS) is 13.0. The molecule has 2 aromatic heterocycles. The lowest BCUT2D eigenvalue weighted by Gasteiger charge is -2.26. The van der Waals surface area contributed by atoms with Crippen LogP contribution in [0.5, 0.6) is 0 Å². The molecule has 0 atom stereocenters. The van der Waals surface area contributed by atoms with Gasteiger partial charge in [0.25, 0.3) is 0 Å². The van der Waals surface area contributed by atoms with Crippen molar-refractivity contribution in [1.29, 1.82) is 0 Å². The molecule has 0 saturated carbocycles. The lowest BCUT2D eigenvalue weighted by Crippen LogP contribution is -2.16. The van der Waals surface area contributed by atoms with Crippen LogP contribution in [0.2, 0.25) is 0 Å². The molecule has 0 amide bonds. The van der Waals surface area contributed by atoms with E-state index >= 15 is 0 Å².